The Morgan fingerprint density at radius 3 is 2.57 bits per heavy atom. The van der Waals surface area contributed by atoms with E-state index >= 15 is 0 Å². The first kappa shape index (κ1) is 21.0. The van der Waals surface area contributed by atoms with Gasteiger partial charge in [-0.25, -0.2) is 9.37 Å². The largest absolute Gasteiger partial charge is 0.455 e. The van der Waals surface area contributed by atoms with Gasteiger partial charge in [-0.15, -0.1) is 11.3 Å². The average Bonchev–Trinajstić information content (AvgIpc) is 3.14. The van der Waals surface area contributed by atoms with Crippen molar-refractivity contribution in [2.45, 2.75) is 19.3 Å². The number of hydrogen-bond acceptors (Lipinski definition) is 7. The molecule has 1 aromatic heterocycles. The second-order valence-electron chi connectivity index (χ2n) is 5.69. The van der Waals surface area contributed by atoms with Gasteiger partial charge in [0, 0.05) is 24.0 Å². The van der Waals surface area contributed by atoms with Crippen molar-refractivity contribution in [1.29, 1.82) is 10.5 Å². The van der Waals surface area contributed by atoms with E-state index < -0.39 is 18.5 Å². The van der Waals surface area contributed by atoms with Crippen LogP contribution in [0.3, 0.4) is 0 Å². The van der Waals surface area contributed by atoms with E-state index in [1.807, 2.05) is 12.1 Å². The number of benzene rings is 1. The SMILES string of the molecule is N#CCCN(CCC#N)C(=O)COC(=O)Cc1csc(-c2cccc(F)c2)n1. The Morgan fingerprint density at radius 1 is 1.21 bits per heavy atom. The van der Waals surface area contributed by atoms with E-state index in [9.17, 15) is 14.0 Å². The molecule has 9 heteroatoms. The summed E-state index contributed by atoms with van der Waals surface area (Å²) in [5.74, 6) is -1.45. The standard InChI is InChI=1S/C19H17FN4O3S/c20-15-5-1-4-14(10-15)19-23-16(13-28-19)11-18(26)27-12-17(25)24(8-2-6-21)9-3-7-22/h1,4-5,10,13H,2-3,8-9,11-12H2. The van der Waals surface area contributed by atoms with Gasteiger partial charge in [0.15, 0.2) is 6.61 Å². The van der Waals surface area contributed by atoms with Crippen molar-refractivity contribution in [2.75, 3.05) is 19.7 Å². The summed E-state index contributed by atoms with van der Waals surface area (Å²) >= 11 is 1.28. The van der Waals surface area contributed by atoms with Crippen molar-refractivity contribution in [3.05, 3.63) is 41.2 Å². The smallest absolute Gasteiger partial charge is 0.312 e. The number of rotatable bonds is 9. The van der Waals surface area contributed by atoms with Crippen molar-refractivity contribution in [3.63, 3.8) is 0 Å². The van der Waals surface area contributed by atoms with Gasteiger partial charge in [0.05, 0.1) is 37.1 Å². The third kappa shape index (κ3) is 6.45. The van der Waals surface area contributed by atoms with E-state index in [0.29, 0.717) is 16.3 Å². The second-order valence-corrected chi connectivity index (χ2v) is 6.55. The number of amides is 1. The Kier molecular flexibility index (Phi) is 8.07. The molecular formula is C19H17FN4O3S. The highest BCUT2D eigenvalue weighted by molar-refractivity contribution is 7.13. The minimum atomic E-state index is -0.620. The van der Waals surface area contributed by atoms with Crippen LogP contribution in [0.1, 0.15) is 18.5 Å². The summed E-state index contributed by atoms with van der Waals surface area (Å²) in [4.78, 5) is 29.7. The Morgan fingerprint density at radius 2 is 1.93 bits per heavy atom. The van der Waals surface area contributed by atoms with Gasteiger partial charge in [-0.2, -0.15) is 10.5 Å². The van der Waals surface area contributed by atoms with Gasteiger partial charge in [0.25, 0.3) is 5.91 Å². The van der Waals surface area contributed by atoms with Crippen molar-refractivity contribution >= 4 is 23.2 Å². The minimum absolute atomic E-state index is 0.116. The molecule has 1 aromatic carbocycles. The molecule has 0 radical (unpaired) electrons. The molecule has 0 unspecified atom stereocenters. The number of carbonyl (C=O) groups is 2. The predicted octanol–water partition coefficient (Wildman–Crippen LogP) is 2.69. The van der Waals surface area contributed by atoms with E-state index in [1.165, 1.54) is 28.4 Å². The Balaban J connectivity index is 1.87. The lowest BCUT2D eigenvalue weighted by molar-refractivity contribution is -0.151. The lowest BCUT2D eigenvalue weighted by Crippen LogP contribution is -2.36. The fourth-order valence-corrected chi connectivity index (χ4v) is 3.12. The molecule has 0 fully saturated rings. The molecule has 0 bridgehead atoms. The molecule has 1 heterocycles. The van der Waals surface area contributed by atoms with Crippen LogP contribution in [0.4, 0.5) is 4.39 Å². The zero-order chi connectivity index (χ0) is 20.4. The number of nitriles is 2. The molecule has 0 N–H and O–H groups in total. The second kappa shape index (κ2) is 10.8. The highest BCUT2D eigenvalue weighted by Gasteiger charge is 2.16. The maximum atomic E-state index is 13.3. The first-order valence-electron chi connectivity index (χ1n) is 8.41. The van der Waals surface area contributed by atoms with Crippen LogP contribution in [-0.4, -0.2) is 41.5 Å². The van der Waals surface area contributed by atoms with Crippen molar-refractivity contribution in [3.8, 4) is 22.7 Å². The zero-order valence-electron chi connectivity index (χ0n) is 14.9. The number of nitrogens with zero attached hydrogens (tertiary/aromatic N) is 4. The van der Waals surface area contributed by atoms with Gasteiger partial charge in [-0.05, 0) is 12.1 Å². The molecule has 28 heavy (non-hydrogen) atoms. The van der Waals surface area contributed by atoms with Gasteiger partial charge < -0.3 is 9.64 Å². The number of aromatic nitrogens is 1. The highest BCUT2D eigenvalue weighted by atomic mass is 32.1. The number of hydrogen-bond donors (Lipinski definition) is 0. The molecule has 0 saturated carbocycles. The first-order valence-corrected chi connectivity index (χ1v) is 9.29. The minimum Gasteiger partial charge on any atom is -0.455 e. The van der Waals surface area contributed by atoms with E-state index in [-0.39, 0.29) is 38.2 Å². The normalized spacial score (nSPS) is 9.96. The molecule has 0 aliphatic heterocycles. The third-order valence-electron chi connectivity index (χ3n) is 3.65. The lowest BCUT2D eigenvalue weighted by atomic mass is 10.2. The van der Waals surface area contributed by atoms with Crippen LogP contribution < -0.4 is 0 Å². The Hall–Kier alpha value is -3.30. The summed E-state index contributed by atoms with van der Waals surface area (Å²) < 4.78 is 18.3. The van der Waals surface area contributed by atoms with Crippen LogP contribution in [0.15, 0.2) is 29.6 Å². The number of thiazole rings is 1. The fraction of sp³-hybridized carbons (Fsp3) is 0.316. The molecule has 0 aliphatic rings. The zero-order valence-corrected chi connectivity index (χ0v) is 15.7. The van der Waals surface area contributed by atoms with Gasteiger partial charge in [0.1, 0.15) is 10.8 Å². The van der Waals surface area contributed by atoms with Crippen molar-refractivity contribution in [2.24, 2.45) is 0 Å². The van der Waals surface area contributed by atoms with Crippen molar-refractivity contribution < 1.29 is 18.7 Å². The maximum absolute atomic E-state index is 13.3. The highest BCUT2D eigenvalue weighted by Crippen LogP contribution is 2.24. The van der Waals surface area contributed by atoms with Crippen LogP contribution in [0, 0.1) is 28.5 Å². The molecule has 2 rings (SSSR count). The quantitative estimate of drug-likeness (QED) is 0.599. The van der Waals surface area contributed by atoms with Crippen molar-refractivity contribution in [1.82, 2.24) is 9.88 Å². The monoisotopic (exact) mass is 400 g/mol. The molecule has 144 valence electrons. The average molecular weight is 400 g/mol. The molecular weight excluding hydrogens is 383 g/mol. The molecule has 0 aliphatic carbocycles. The summed E-state index contributed by atoms with van der Waals surface area (Å²) in [5.41, 5.74) is 1.08. The topological polar surface area (TPSA) is 107 Å². The van der Waals surface area contributed by atoms with Crippen LogP contribution in [-0.2, 0) is 20.7 Å². The van der Waals surface area contributed by atoms with E-state index in [1.54, 1.807) is 17.5 Å². The van der Waals surface area contributed by atoms with Crippen LogP contribution in [0.25, 0.3) is 10.6 Å². The van der Waals surface area contributed by atoms with Gasteiger partial charge in [-0.1, -0.05) is 12.1 Å². The van der Waals surface area contributed by atoms with E-state index in [2.05, 4.69) is 4.98 Å². The molecule has 0 atom stereocenters. The number of ether oxygens (including phenoxy) is 1. The van der Waals surface area contributed by atoms with E-state index in [4.69, 9.17) is 15.3 Å². The summed E-state index contributed by atoms with van der Waals surface area (Å²) in [5, 5.41) is 19.5. The summed E-state index contributed by atoms with van der Waals surface area (Å²) in [6.45, 7) is -0.105. The molecule has 0 spiro atoms. The predicted molar refractivity (Wildman–Crippen MR) is 99.2 cm³/mol. The van der Waals surface area contributed by atoms with Crippen LogP contribution in [0.2, 0.25) is 0 Å². The summed E-state index contributed by atoms with van der Waals surface area (Å²) in [6, 6.07) is 9.86. The Bertz CT molecular complexity index is 898. The molecule has 7 nitrogen and oxygen atoms in total. The summed E-state index contributed by atoms with van der Waals surface area (Å²) in [7, 11) is 0. The number of carbonyl (C=O) groups excluding carboxylic acids is 2. The van der Waals surface area contributed by atoms with Crippen LogP contribution in [0.5, 0.6) is 0 Å². The molecule has 2 aromatic rings. The Labute approximate surface area is 165 Å². The van der Waals surface area contributed by atoms with Gasteiger partial charge in [-0.3, -0.25) is 9.59 Å². The first-order chi connectivity index (χ1) is 13.5. The number of halogens is 1. The molecule has 0 saturated heterocycles. The molecule has 1 amide bonds. The number of esters is 1. The third-order valence-corrected chi connectivity index (χ3v) is 4.59. The summed E-state index contributed by atoms with van der Waals surface area (Å²) in [6.07, 6.45) is 0.148. The van der Waals surface area contributed by atoms with Crippen LogP contribution >= 0.6 is 11.3 Å². The lowest BCUT2D eigenvalue weighted by Gasteiger charge is -2.19. The van der Waals surface area contributed by atoms with E-state index in [0.717, 1.165) is 0 Å². The maximum Gasteiger partial charge on any atom is 0.312 e. The van der Waals surface area contributed by atoms with Gasteiger partial charge in [0.2, 0.25) is 0 Å². The van der Waals surface area contributed by atoms with Gasteiger partial charge >= 0.3 is 5.97 Å². The fourth-order valence-electron chi connectivity index (χ4n) is 2.31.